The second-order valence-corrected chi connectivity index (χ2v) is 5.72. The predicted molar refractivity (Wildman–Crippen MR) is 74.0 cm³/mol. The predicted octanol–water partition coefficient (Wildman–Crippen LogP) is 2.39. The Bertz CT molecular complexity index is 593. The third-order valence-corrected chi connectivity index (χ3v) is 3.49. The van der Waals surface area contributed by atoms with Crippen LogP contribution in [0.5, 0.6) is 0 Å². The van der Waals surface area contributed by atoms with Gasteiger partial charge in [-0.2, -0.15) is 0 Å². The third-order valence-electron chi connectivity index (χ3n) is 3.49. The zero-order valence-electron chi connectivity index (χ0n) is 12.1. The Morgan fingerprint density at radius 1 is 1.33 bits per heavy atom. The molecule has 0 atom stereocenters. The van der Waals surface area contributed by atoms with E-state index in [0.717, 1.165) is 6.07 Å². The zero-order chi connectivity index (χ0) is 16.6. The Morgan fingerprint density at radius 2 is 1.86 bits per heavy atom. The van der Waals surface area contributed by atoms with E-state index in [9.17, 15) is 24.4 Å². The van der Waals surface area contributed by atoms with Crippen LogP contribution in [0.25, 0.3) is 0 Å². The van der Waals surface area contributed by atoms with Crippen molar-refractivity contribution in [1.82, 2.24) is 0 Å². The van der Waals surface area contributed by atoms with Crippen LogP contribution in [-0.4, -0.2) is 32.2 Å². The van der Waals surface area contributed by atoms with Crippen LogP contribution in [0.2, 0.25) is 0 Å². The first-order valence-corrected chi connectivity index (χ1v) is 6.08. The fourth-order valence-corrected chi connectivity index (χ4v) is 1.47. The summed E-state index contributed by atoms with van der Waals surface area (Å²) >= 11 is 0. The number of carbonyl (C=O) groups is 1. The molecule has 116 valence electrons. The minimum absolute atomic E-state index is 0.175. The van der Waals surface area contributed by atoms with E-state index in [-0.39, 0.29) is 5.69 Å². The van der Waals surface area contributed by atoms with E-state index in [1.165, 1.54) is 13.8 Å². The van der Waals surface area contributed by atoms with Gasteiger partial charge in [-0.3, -0.25) is 10.1 Å². The fraction of sp³-hybridized carbons (Fsp3) is 0.462. The van der Waals surface area contributed by atoms with Crippen LogP contribution in [0.1, 0.15) is 38.1 Å². The number of carboxylic acid groups (broad SMARTS) is 1. The van der Waals surface area contributed by atoms with Gasteiger partial charge in [0.2, 0.25) is 0 Å². The van der Waals surface area contributed by atoms with E-state index in [1.54, 1.807) is 13.8 Å². The van der Waals surface area contributed by atoms with Gasteiger partial charge in [0.05, 0.1) is 27.7 Å². The number of hydrogen-bond acceptors (Lipinski definition) is 5. The van der Waals surface area contributed by atoms with Gasteiger partial charge in [0.1, 0.15) is 11.5 Å². The zero-order valence-corrected chi connectivity index (χ0v) is 12.1. The van der Waals surface area contributed by atoms with Crippen molar-refractivity contribution in [3.05, 3.63) is 33.6 Å². The molecule has 1 aromatic carbocycles. The molecular formula is C13H17FN2O5. The van der Waals surface area contributed by atoms with Crippen LogP contribution in [0.15, 0.2) is 12.1 Å². The minimum Gasteiger partial charge on any atom is -0.478 e. The Kier molecular flexibility index (Phi) is 4.24. The monoisotopic (exact) mass is 300 g/mol. The Hall–Kier alpha value is -2.22. The first-order valence-electron chi connectivity index (χ1n) is 6.08. The molecular weight excluding hydrogens is 283 g/mol. The SMILES string of the molecule is CC(C)(O)C(C)(C)Nc1cc(C(=O)O)c(F)cc1[N+](=O)[O-]. The molecule has 1 rings (SSSR count). The lowest BCUT2D eigenvalue weighted by Gasteiger charge is -2.38. The quantitative estimate of drug-likeness (QED) is 0.568. The van der Waals surface area contributed by atoms with E-state index in [2.05, 4.69) is 5.32 Å². The van der Waals surface area contributed by atoms with Gasteiger partial charge in [-0.1, -0.05) is 0 Å². The molecule has 0 spiro atoms. The molecule has 0 aliphatic rings. The normalized spacial score (nSPS) is 12.1. The number of rotatable bonds is 5. The highest BCUT2D eigenvalue weighted by Crippen LogP contribution is 2.33. The number of carboxylic acids is 1. The molecule has 0 saturated heterocycles. The molecule has 0 saturated carbocycles. The second-order valence-electron chi connectivity index (χ2n) is 5.72. The highest BCUT2D eigenvalue weighted by atomic mass is 19.1. The Balaban J connectivity index is 3.43. The summed E-state index contributed by atoms with van der Waals surface area (Å²) in [6, 6.07) is 1.40. The summed E-state index contributed by atoms with van der Waals surface area (Å²) < 4.78 is 13.5. The van der Waals surface area contributed by atoms with Gasteiger partial charge in [0.25, 0.3) is 5.69 Å². The number of nitrogens with zero attached hydrogens (tertiary/aromatic N) is 1. The van der Waals surface area contributed by atoms with Gasteiger partial charge in [-0.25, -0.2) is 9.18 Å². The van der Waals surface area contributed by atoms with E-state index >= 15 is 0 Å². The van der Waals surface area contributed by atoms with Crippen molar-refractivity contribution in [2.24, 2.45) is 0 Å². The Labute approximate surface area is 120 Å². The van der Waals surface area contributed by atoms with Crippen molar-refractivity contribution >= 4 is 17.3 Å². The van der Waals surface area contributed by atoms with Crippen molar-refractivity contribution in [3.63, 3.8) is 0 Å². The number of aliphatic hydroxyl groups is 1. The molecule has 0 amide bonds. The van der Waals surface area contributed by atoms with Crippen LogP contribution >= 0.6 is 0 Å². The summed E-state index contributed by atoms with van der Waals surface area (Å²) in [7, 11) is 0. The van der Waals surface area contributed by atoms with Crippen molar-refractivity contribution < 1.29 is 24.3 Å². The molecule has 0 heterocycles. The molecule has 1 aromatic rings. The maximum absolute atomic E-state index is 13.5. The van der Waals surface area contributed by atoms with Gasteiger partial charge in [0, 0.05) is 0 Å². The summed E-state index contributed by atoms with van der Waals surface area (Å²) in [6.45, 7) is 6.15. The van der Waals surface area contributed by atoms with Crippen molar-refractivity contribution in [2.45, 2.75) is 38.8 Å². The first kappa shape index (κ1) is 16.8. The van der Waals surface area contributed by atoms with Gasteiger partial charge >= 0.3 is 5.97 Å². The Morgan fingerprint density at radius 3 is 2.24 bits per heavy atom. The largest absolute Gasteiger partial charge is 0.478 e. The fourth-order valence-electron chi connectivity index (χ4n) is 1.47. The smallest absolute Gasteiger partial charge is 0.338 e. The molecule has 3 N–H and O–H groups in total. The maximum atomic E-state index is 13.5. The van der Waals surface area contributed by atoms with Crippen LogP contribution < -0.4 is 5.32 Å². The summed E-state index contributed by atoms with van der Waals surface area (Å²) in [6.07, 6.45) is 0. The number of nitrogens with one attached hydrogen (secondary N) is 1. The summed E-state index contributed by atoms with van der Waals surface area (Å²) in [5.74, 6) is -2.73. The second kappa shape index (κ2) is 5.28. The average Bonchev–Trinajstić information content (AvgIpc) is 2.28. The number of benzene rings is 1. The van der Waals surface area contributed by atoms with Crippen LogP contribution in [0.4, 0.5) is 15.8 Å². The van der Waals surface area contributed by atoms with Gasteiger partial charge in [0.15, 0.2) is 0 Å². The summed E-state index contributed by atoms with van der Waals surface area (Å²) in [4.78, 5) is 21.1. The van der Waals surface area contributed by atoms with E-state index < -0.39 is 39.1 Å². The van der Waals surface area contributed by atoms with Crippen LogP contribution in [0, 0.1) is 15.9 Å². The summed E-state index contributed by atoms with van der Waals surface area (Å²) in [5.41, 5.74) is -3.75. The topological polar surface area (TPSA) is 113 Å². The van der Waals surface area contributed by atoms with Crippen LogP contribution in [0.3, 0.4) is 0 Å². The standard InChI is InChI=1S/C13H17FN2O5/c1-12(2,13(3,4)19)15-9-5-7(11(17)18)8(14)6-10(9)16(20)21/h5-6,15,19H,1-4H3,(H,17,18). The van der Waals surface area contributed by atoms with Crippen molar-refractivity contribution in [1.29, 1.82) is 0 Å². The molecule has 0 aliphatic carbocycles. The number of anilines is 1. The highest BCUT2D eigenvalue weighted by molar-refractivity contribution is 5.90. The molecule has 7 nitrogen and oxygen atoms in total. The first-order chi connectivity index (χ1) is 9.36. The molecule has 0 bridgehead atoms. The highest BCUT2D eigenvalue weighted by Gasteiger charge is 2.37. The lowest BCUT2D eigenvalue weighted by Crippen LogP contribution is -2.51. The number of halogens is 1. The van der Waals surface area contributed by atoms with E-state index in [4.69, 9.17) is 5.11 Å². The molecule has 0 unspecified atom stereocenters. The molecule has 0 fully saturated rings. The number of nitro benzene ring substituents is 1. The lowest BCUT2D eigenvalue weighted by molar-refractivity contribution is -0.384. The van der Waals surface area contributed by atoms with Crippen LogP contribution in [-0.2, 0) is 0 Å². The maximum Gasteiger partial charge on any atom is 0.338 e. The lowest BCUT2D eigenvalue weighted by atomic mass is 9.85. The van der Waals surface area contributed by atoms with E-state index in [0.29, 0.717) is 6.07 Å². The van der Waals surface area contributed by atoms with Gasteiger partial charge < -0.3 is 15.5 Å². The number of nitro groups is 1. The molecule has 8 heteroatoms. The van der Waals surface area contributed by atoms with Gasteiger partial charge in [-0.05, 0) is 33.8 Å². The van der Waals surface area contributed by atoms with Crippen molar-refractivity contribution in [3.8, 4) is 0 Å². The van der Waals surface area contributed by atoms with E-state index in [1.807, 2.05) is 0 Å². The summed E-state index contributed by atoms with van der Waals surface area (Å²) in [5, 5.41) is 32.6. The minimum atomic E-state index is -1.54. The molecule has 0 aromatic heterocycles. The molecule has 21 heavy (non-hydrogen) atoms. The average molecular weight is 300 g/mol. The number of aromatic carboxylic acids is 1. The number of hydrogen-bond donors (Lipinski definition) is 3. The molecule has 0 aliphatic heterocycles. The molecule has 0 radical (unpaired) electrons. The third kappa shape index (κ3) is 3.46. The van der Waals surface area contributed by atoms with Crippen molar-refractivity contribution in [2.75, 3.05) is 5.32 Å². The van der Waals surface area contributed by atoms with Gasteiger partial charge in [-0.15, -0.1) is 0 Å².